The second-order valence-electron chi connectivity index (χ2n) is 7.31. The number of nitrogens with two attached hydrogens (primary N) is 2. The number of nitrogen functional groups attached to an aromatic ring is 1. The molecule has 0 aliphatic rings. The molecule has 2 heterocycles. The Morgan fingerprint density at radius 2 is 2.00 bits per heavy atom. The first kappa shape index (κ1) is 20.2. The fourth-order valence-corrected chi connectivity index (χ4v) is 3.13. The molecular formula is C21H24N6O2. The standard InChI is InChI=1S/C21H24N6O2/c1-13-6-4-8-15-16(10-19(22)25-20(13)15)17(26-23)12-24-11-14-7-5-9-18(27(14)29)21(2,3)28/h4-10,12,28H,11,23H2,1-3H3,(H2,22,25). The lowest BCUT2D eigenvalue weighted by molar-refractivity contribution is -0.630. The zero-order chi connectivity index (χ0) is 21.2. The molecule has 0 bridgehead atoms. The van der Waals surface area contributed by atoms with Gasteiger partial charge in [0.05, 0.1) is 11.7 Å². The van der Waals surface area contributed by atoms with Crippen molar-refractivity contribution in [1.29, 1.82) is 0 Å². The van der Waals surface area contributed by atoms with Gasteiger partial charge in [-0.1, -0.05) is 18.2 Å². The Labute approximate surface area is 168 Å². The zero-order valence-corrected chi connectivity index (χ0v) is 16.6. The van der Waals surface area contributed by atoms with Crippen LogP contribution in [0.3, 0.4) is 0 Å². The van der Waals surface area contributed by atoms with Gasteiger partial charge in [-0.2, -0.15) is 9.83 Å². The molecule has 8 nitrogen and oxygen atoms in total. The monoisotopic (exact) mass is 392 g/mol. The average molecular weight is 392 g/mol. The van der Waals surface area contributed by atoms with Gasteiger partial charge in [0.15, 0.2) is 0 Å². The van der Waals surface area contributed by atoms with Crippen molar-refractivity contribution in [2.45, 2.75) is 32.9 Å². The van der Waals surface area contributed by atoms with Crippen LogP contribution in [0.15, 0.2) is 52.6 Å². The van der Waals surface area contributed by atoms with E-state index in [-0.39, 0.29) is 12.2 Å². The summed E-state index contributed by atoms with van der Waals surface area (Å²) in [4.78, 5) is 8.73. The highest BCUT2D eigenvalue weighted by Gasteiger charge is 2.26. The molecule has 8 heteroatoms. The Balaban J connectivity index is 1.94. The predicted molar refractivity (Wildman–Crippen MR) is 114 cm³/mol. The molecule has 2 aromatic heterocycles. The molecule has 3 rings (SSSR count). The van der Waals surface area contributed by atoms with E-state index < -0.39 is 5.60 Å². The lowest BCUT2D eigenvalue weighted by atomic mass is 10.0. The number of nitrogens with zero attached hydrogens (tertiary/aromatic N) is 4. The Kier molecular flexibility index (Phi) is 5.47. The first-order valence-electron chi connectivity index (χ1n) is 9.10. The fourth-order valence-electron chi connectivity index (χ4n) is 3.13. The van der Waals surface area contributed by atoms with Gasteiger partial charge in [-0.15, -0.1) is 0 Å². The molecule has 150 valence electrons. The number of hydrogen-bond acceptors (Lipinski definition) is 7. The number of anilines is 1. The van der Waals surface area contributed by atoms with Gasteiger partial charge in [0.25, 0.3) is 0 Å². The number of hydrazone groups is 1. The SMILES string of the molecule is Cc1cccc2c(C(C=NCc3cccc(C(C)(C)O)[n+]3[O-])=NN)cc(N)nc12. The van der Waals surface area contributed by atoms with Gasteiger partial charge in [0, 0.05) is 23.1 Å². The van der Waals surface area contributed by atoms with Gasteiger partial charge in [0.1, 0.15) is 23.7 Å². The number of para-hydroxylation sites is 1. The number of aromatic nitrogens is 2. The summed E-state index contributed by atoms with van der Waals surface area (Å²) in [6.45, 7) is 5.17. The summed E-state index contributed by atoms with van der Waals surface area (Å²) in [5.74, 6) is 5.96. The van der Waals surface area contributed by atoms with Crippen LogP contribution in [0.4, 0.5) is 5.82 Å². The third-order valence-corrected chi connectivity index (χ3v) is 4.59. The molecule has 0 unspecified atom stereocenters. The molecule has 5 N–H and O–H groups in total. The van der Waals surface area contributed by atoms with E-state index >= 15 is 0 Å². The van der Waals surface area contributed by atoms with Crippen LogP contribution in [0.5, 0.6) is 0 Å². The molecule has 3 aromatic rings. The van der Waals surface area contributed by atoms with Crippen molar-refractivity contribution in [2.24, 2.45) is 15.9 Å². The van der Waals surface area contributed by atoms with Gasteiger partial charge in [-0.05, 0) is 38.5 Å². The average Bonchev–Trinajstić information content (AvgIpc) is 2.66. The minimum absolute atomic E-state index is 0.101. The zero-order valence-electron chi connectivity index (χ0n) is 16.6. The molecule has 1 aromatic carbocycles. The minimum atomic E-state index is -1.25. The summed E-state index contributed by atoms with van der Waals surface area (Å²) in [6, 6.07) is 12.4. The second-order valence-corrected chi connectivity index (χ2v) is 7.31. The number of rotatable bonds is 5. The molecular weight excluding hydrogens is 368 g/mol. The third kappa shape index (κ3) is 4.17. The quantitative estimate of drug-likeness (QED) is 0.200. The van der Waals surface area contributed by atoms with Gasteiger partial charge < -0.3 is 21.9 Å². The van der Waals surface area contributed by atoms with Crippen LogP contribution in [-0.4, -0.2) is 22.0 Å². The van der Waals surface area contributed by atoms with E-state index in [4.69, 9.17) is 11.6 Å². The van der Waals surface area contributed by atoms with Crippen molar-refractivity contribution in [3.05, 3.63) is 70.2 Å². The van der Waals surface area contributed by atoms with Crippen molar-refractivity contribution in [3.63, 3.8) is 0 Å². The van der Waals surface area contributed by atoms with Crippen LogP contribution in [0.25, 0.3) is 10.9 Å². The summed E-state index contributed by atoms with van der Waals surface area (Å²) in [7, 11) is 0. The number of fused-ring (bicyclic) bond motifs is 1. The maximum absolute atomic E-state index is 12.5. The van der Waals surface area contributed by atoms with Crippen LogP contribution < -0.4 is 16.3 Å². The van der Waals surface area contributed by atoms with Crippen LogP contribution in [0.1, 0.15) is 36.4 Å². The Morgan fingerprint density at radius 3 is 2.69 bits per heavy atom. The van der Waals surface area contributed by atoms with E-state index in [1.54, 1.807) is 38.1 Å². The normalized spacial score (nSPS) is 12.8. The number of hydrogen-bond donors (Lipinski definition) is 3. The highest BCUT2D eigenvalue weighted by Crippen LogP contribution is 2.23. The number of aryl methyl sites for hydroxylation is 1. The van der Waals surface area contributed by atoms with Crippen molar-refractivity contribution in [2.75, 3.05) is 5.73 Å². The second kappa shape index (κ2) is 7.84. The highest BCUT2D eigenvalue weighted by molar-refractivity contribution is 6.40. The van der Waals surface area contributed by atoms with E-state index in [1.807, 2.05) is 25.1 Å². The van der Waals surface area contributed by atoms with E-state index in [2.05, 4.69) is 15.1 Å². The van der Waals surface area contributed by atoms with E-state index in [0.717, 1.165) is 16.5 Å². The van der Waals surface area contributed by atoms with E-state index in [0.29, 0.717) is 27.5 Å². The molecule has 0 atom stereocenters. The molecule has 0 radical (unpaired) electrons. The fraction of sp³-hybridized carbons (Fsp3) is 0.238. The first-order valence-corrected chi connectivity index (χ1v) is 9.10. The largest absolute Gasteiger partial charge is 0.618 e. The minimum Gasteiger partial charge on any atom is -0.618 e. The van der Waals surface area contributed by atoms with E-state index in [1.165, 1.54) is 6.21 Å². The van der Waals surface area contributed by atoms with Gasteiger partial charge >= 0.3 is 0 Å². The Hall–Kier alpha value is -3.52. The number of aliphatic imine (C=N–C) groups is 1. The van der Waals surface area contributed by atoms with Crippen LogP contribution in [0, 0.1) is 12.1 Å². The van der Waals surface area contributed by atoms with E-state index in [9.17, 15) is 10.3 Å². The Morgan fingerprint density at radius 1 is 1.28 bits per heavy atom. The molecule has 0 amide bonds. The summed E-state index contributed by atoms with van der Waals surface area (Å²) < 4.78 is 0.694. The maximum Gasteiger partial charge on any atom is 0.224 e. The number of pyridine rings is 2. The maximum atomic E-state index is 12.5. The Bertz CT molecular complexity index is 1120. The van der Waals surface area contributed by atoms with Crippen molar-refractivity contribution in [3.8, 4) is 0 Å². The molecule has 0 aliphatic carbocycles. The molecule has 0 aliphatic heterocycles. The summed E-state index contributed by atoms with van der Waals surface area (Å²) in [6.07, 6.45) is 1.51. The number of benzene rings is 1. The van der Waals surface area contributed by atoms with Crippen LogP contribution in [-0.2, 0) is 12.1 Å². The molecule has 0 fully saturated rings. The highest BCUT2D eigenvalue weighted by atomic mass is 16.5. The first-order chi connectivity index (χ1) is 13.7. The molecule has 0 spiro atoms. The number of aliphatic hydroxyl groups is 1. The summed E-state index contributed by atoms with van der Waals surface area (Å²) >= 11 is 0. The topological polar surface area (TPSA) is 137 Å². The lowest BCUT2D eigenvalue weighted by Gasteiger charge is -2.17. The lowest BCUT2D eigenvalue weighted by Crippen LogP contribution is -2.42. The molecule has 0 saturated heterocycles. The molecule has 0 saturated carbocycles. The van der Waals surface area contributed by atoms with Crippen molar-refractivity contribution in [1.82, 2.24) is 4.98 Å². The van der Waals surface area contributed by atoms with Gasteiger partial charge in [-0.3, -0.25) is 4.99 Å². The van der Waals surface area contributed by atoms with Crippen LogP contribution in [0.2, 0.25) is 0 Å². The summed E-state index contributed by atoms with van der Waals surface area (Å²) in [5, 5.41) is 27.3. The van der Waals surface area contributed by atoms with Crippen molar-refractivity contribution >= 4 is 28.6 Å². The summed E-state index contributed by atoms with van der Waals surface area (Å²) in [5.41, 5.74) is 8.25. The van der Waals surface area contributed by atoms with Gasteiger partial charge in [-0.25, -0.2) is 4.98 Å². The van der Waals surface area contributed by atoms with Crippen LogP contribution >= 0.6 is 0 Å². The smallest absolute Gasteiger partial charge is 0.224 e. The third-order valence-electron chi connectivity index (χ3n) is 4.59. The van der Waals surface area contributed by atoms with Crippen molar-refractivity contribution < 1.29 is 9.84 Å². The predicted octanol–water partition coefficient (Wildman–Crippen LogP) is 1.92. The van der Waals surface area contributed by atoms with Gasteiger partial charge in [0.2, 0.25) is 11.4 Å². The molecule has 29 heavy (non-hydrogen) atoms.